The van der Waals surface area contributed by atoms with Gasteiger partial charge >= 0.3 is 4.70 Å². The molecule has 0 heterocycles. The first kappa shape index (κ1) is 14.7. The predicted octanol–water partition coefficient (Wildman–Crippen LogP) is 5.35. The Morgan fingerprint density at radius 1 is 0.545 bits per heavy atom. The molecule has 0 atom stereocenters. The largest absolute Gasteiger partial charge is 0.440 e. The third-order valence-electron chi connectivity index (χ3n) is 3.10. The van der Waals surface area contributed by atoms with Crippen molar-refractivity contribution >= 4 is 15.9 Å². The lowest BCUT2D eigenvalue weighted by atomic mass is 10.2. The molecule has 0 saturated heterocycles. The highest BCUT2D eigenvalue weighted by atomic mass is 79.9. The maximum absolute atomic E-state index is 6.09. The summed E-state index contributed by atoms with van der Waals surface area (Å²) in [6.45, 7) is 0. The third kappa shape index (κ3) is 3.49. The molecule has 0 amide bonds. The third-order valence-corrected chi connectivity index (χ3v) is 3.88. The molecule has 110 valence electrons. The maximum Gasteiger partial charge on any atom is 0.336 e. The van der Waals surface area contributed by atoms with Crippen LogP contribution in [0.4, 0.5) is 0 Å². The minimum atomic E-state index is -1.09. The molecular formula is C19H15BrO2. The molecule has 0 N–H and O–H groups in total. The van der Waals surface area contributed by atoms with Crippen molar-refractivity contribution in [1.29, 1.82) is 0 Å². The van der Waals surface area contributed by atoms with Gasteiger partial charge in [0.15, 0.2) is 0 Å². The second-order valence-corrected chi connectivity index (χ2v) is 5.78. The van der Waals surface area contributed by atoms with E-state index in [4.69, 9.17) is 9.47 Å². The second-order valence-electron chi connectivity index (χ2n) is 4.73. The molecule has 2 nitrogen and oxygen atoms in total. The molecule has 0 unspecified atom stereocenters. The van der Waals surface area contributed by atoms with Crippen LogP contribution in [0.25, 0.3) is 0 Å². The van der Waals surface area contributed by atoms with E-state index in [1.165, 1.54) is 0 Å². The Morgan fingerprint density at radius 3 is 1.32 bits per heavy atom. The van der Waals surface area contributed by atoms with Gasteiger partial charge in [-0.3, -0.25) is 0 Å². The molecule has 22 heavy (non-hydrogen) atoms. The van der Waals surface area contributed by atoms with Crippen molar-refractivity contribution in [3.8, 4) is 11.5 Å². The molecule has 0 saturated carbocycles. The van der Waals surface area contributed by atoms with Crippen LogP contribution in [0.15, 0.2) is 91.0 Å². The van der Waals surface area contributed by atoms with Crippen molar-refractivity contribution in [2.24, 2.45) is 0 Å². The van der Waals surface area contributed by atoms with E-state index in [1.54, 1.807) is 0 Å². The van der Waals surface area contributed by atoms with Crippen molar-refractivity contribution in [1.82, 2.24) is 0 Å². The minimum absolute atomic E-state index is 0.721. The Kier molecular flexibility index (Phi) is 4.45. The molecule has 0 aliphatic heterocycles. The van der Waals surface area contributed by atoms with Crippen molar-refractivity contribution in [2.75, 3.05) is 0 Å². The normalized spacial score (nSPS) is 11.0. The number of rotatable bonds is 5. The Labute approximate surface area is 138 Å². The Hall–Kier alpha value is -2.26. The van der Waals surface area contributed by atoms with Crippen LogP contribution in [-0.2, 0) is 4.70 Å². The molecule has 0 aliphatic carbocycles. The highest BCUT2D eigenvalue weighted by Gasteiger charge is 2.34. The second kappa shape index (κ2) is 6.67. The van der Waals surface area contributed by atoms with Crippen LogP contribution in [0.5, 0.6) is 11.5 Å². The summed E-state index contributed by atoms with van der Waals surface area (Å²) in [5.41, 5.74) is 0.878. The van der Waals surface area contributed by atoms with E-state index in [9.17, 15) is 0 Å². The van der Waals surface area contributed by atoms with Crippen LogP contribution in [0, 0.1) is 0 Å². The van der Waals surface area contributed by atoms with Gasteiger partial charge in [0.25, 0.3) is 0 Å². The van der Waals surface area contributed by atoms with Gasteiger partial charge in [0.2, 0.25) is 0 Å². The van der Waals surface area contributed by atoms with Gasteiger partial charge in [0, 0.05) is 21.5 Å². The SMILES string of the molecule is BrC(Oc1ccccc1)(Oc1ccccc1)c1ccccc1. The zero-order valence-corrected chi connectivity index (χ0v) is 13.4. The van der Waals surface area contributed by atoms with Crippen molar-refractivity contribution < 1.29 is 9.47 Å². The van der Waals surface area contributed by atoms with Crippen LogP contribution < -0.4 is 9.47 Å². The maximum atomic E-state index is 6.09. The summed E-state index contributed by atoms with van der Waals surface area (Å²) >= 11 is 3.62. The van der Waals surface area contributed by atoms with Gasteiger partial charge in [-0.15, -0.1) is 0 Å². The van der Waals surface area contributed by atoms with E-state index in [-0.39, 0.29) is 0 Å². The van der Waals surface area contributed by atoms with Crippen LogP contribution in [0.1, 0.15) is 5.56 Å². The van der Waals surface area contributed by atoms with E-state index in [0.29, 0.717) is 0 Å². The van der Waals surface area contributed by atoms with E-state index in [1.807, 2.05) is 91.0 Å². The Morgan fingerprint density at radius 2 is 0.909 bits per heavy atom. The average molecular weight is 355 g/mol. The van der Waals surface area contributed by atoms with Gasteiger partial charge in [-0.25, -0.2) is 0 Å². The summed E-state index contributed by atoms with van der Waals surface area (Å²) in [5.74, 6) is 1.44. The molecule has 0 radical (unpaired) electrons. The van der Waals surface area contributed by atoms with Gasteiger partial charge < -0.3 is 9.47 Å². The fourth-order valence-corrected chi connectivity index (χ4v) is 2.69. The van der Waals surface area contributed by atoms with Gasteiger partial charge in [0.05, 0.1) is 0 Å². The zero-order valence-electron chi connectivity index (χ0n) is 11.9. The van der Waals surface area contributed by atoms with E-state index in [2.05, 4.69) is 15.9 Å². The number of ether oxygens (including phenoxy) is 2. The monoisotopic (exact) mass is 354 g/mol. The molecule has 3 aromatic rings. The summed E-state index contributed by atoms with van der Waals surface area (Å²) in [7, 11) is 0. The lowest BCUT2D eigenvalue weighted by Crippen LogP contribution is -2.32. The van der Waals surface area contributed by atoms with Gasteiger partial charge in [-0.2, -0.15) is 0 Å². The summed E-state index contributed by atoms with van der Waals surface area (Å²) < 4.78 is 11.1. The number of hydrogen-bond donors (Lipinski definition) is 0. The molecule has 0 bridgehead atoms. The highest BCUT2D eigenvalue weighted by Crippen LogP contribution is 2.36. The molecule has 3 heteroatoms. The first-order valence-corrected chi connectivity index (χ1v) is 7.78. The van der Waals surface area contributed by atoms with Crippen LogP contribution >= 0.6 is 15.9 Å². The van der Waals surface area contributed by atoms with E-state index >= 15 is 0 Å². The molecule has 0 aliphatic rings. The summed E-state index contributed by atoms with van der Waals surface area (Å²) in [6.07, 6.45) is 0. The Balaban J connectivity index is 1.95. The topological polar surface area (TPSA) is 18.5 Å². The quantitative estimate of drug-likeness (QED) is 0.454. The molecular weight excluding hydrogens is 340 g/mol. The summed E-state index contributed by atoms with van der Waals surface area (Å²) in [5, 5.41) is 0. The summed E-state index contributed by atoms with van der Waals surface area (Å²) in [6, 6.07) is 29.0. The van der Waals surface area contributed by atoms with Crippen molar-refractivity contribution in [2.45, 2.75) is 4.70 Å². The van der Waals surface area contributed by atoms with Gasteiger partial charge in [-0.1, -0.05) is 66.7 Å². The number of benzene rings is 3. The van der Waals surface area contributed by atoms with E-state index in [0.717, 1.165) is 17.1 Å². The van der Waals surface area contributed by atoms with Crippen LogP contribution in [-0.4, -0.2) is 0 Å². The molecule has 0 aromatic heterocycles. The lowest BCUT2D eigenvalue weighted by molar-refractivity contribution is -0.0270. The summed E-state index contributed by atoms with van der Waals surface area (Å²) in [4.78, 5) is 0. The fraction of sp³-hybridized carbons (Fsp3) is 0.0526. The predicted molar refractivity (Wildman–Crippen MR) is 91.2 cm³/mol. The van der Waals surface area contributed by atoms with Gasteiger partial charge in [-0.05, 0) is 24.3 Å². The number of halogens is 1. The number of para-hydroxylation sites is 2. The molecule has 0 spiro atoms. The first-order valence-electron chi connectivity index (χ1n) is 6.99. The van der Waals surface area contributed by atoms with Gasteiger partial charge in [0.1, 0.15) is 11.5 Å². The van der Waals surface area contributed by atoms with E-state index < -0.39 is 4.70 Å². The Bertz CT molecular complexity index is 658. The van der Waals surface area contributed by atoms with Crippen molar-refractivity contribution in [3.63, 3.8) is 0 Å². The average Bonchev–Trinajstić information content (AvgIpc) is 2.57. The minimum Gasteiger partial charge on any atom is -0.440 e. The number of alkyl halides is 1. The molecule has 3 rings (SSSR count). The van der Waals surface area contributed by atoms with Crippen molar-refractivity contribution in [3.05, 3.63) is 96.6 Å². The standard InChI is InChI=1S/C19H15BrO2/c20-19(16-10-4-1-5-11-16,21-17-12-6-2-7-13-17)22-18-14-8-3-9-15-18/h1-15H. The first-order chi connectivity index (χ1) is 10.8. The molecule has 3 aromatic carbocycles. The highest BCUT2D eigenvalue weighted by molar-refractivity contribution is 9.09. The smallest absolute Gasteiger partial charge is 0.336 e. The lowest BCUT2D eigenvalue weighted by Gasteiger charge is -2.29. The number of hydrogen-bond acceptors (Lipinski definition) is 2. The van der Waals surface area contributed by atoms with Crippen LogP contribution in [0.2, 0.25) is 0 Å². The molecule has 0 fully saturated rings. The zero-order chi connectivity index (χ0) is 15.3. The van der Waals surface area contributed by atoms with Crippen LogP contribution in [0.3, 0.4) is 0 Å². The fourth-order valence-electron chi connectivity index (χ4n) is 2.06.